The smallest absolute Gasteiger partial charge is 0.147 e. The average molecular weight is 951 g/mol. The average Bonchev–Trinajstić information content (AvgIpc) is 4.20. The molecule has 69 heavy (non-hydrogen) atoms. The number of aliphatic hydroxyl groups is 3. The lowest BCUT2D eigenvalue weighted by molar-refractivity contribution is 0.0523. The molecule has 0 aromatic carbocycles. The summed E-state index contributed by atoms with van der Waals surface area (Å²) in [5.41, 5.74) is 12.4. The van der Waals surface area contributed by atoms with Gasteiger partial charge in [-0.25, -0.2) is 0 Å². The zero-order chi connectivity index (χ0) is 49.1. The molecule has 0 spiro atoms. The largest absolute Gasteiger partial charge is 0.501 e. The molecule has 378 valence electrons. The number of nitrogens with zero attached hydrogens (tertiary/aromatic N) is 4. The maximum Gasteiger partial charge on any atom is 0.147 e. The molecule has 6 aliphatic carbocycles. The summed E-state index contributed by atoms with van der Waals surface area (Å²) in [6.45, 7) is 21.9. The number of hydrogen-bond acceptors (Lipinski definition) is 12. The number of rotatable bonds is 13. The summed E-state index contributed by atoms with van der Waals surface area (Å²) in [7, 11) is 0. The molecule has 0 bridgehead atoms. The molecule has 5 heterocycles. The molecule has 12 nitrogen and oxygen atoms in total. The summed E-state index contributed by atoms with van der Waals surface area (Å²) in [4.78, 5) is 0. The predicted molar refractivity (Wildman–Crippen MR) is 269 cm³/mol. The molecule has 1 aliphatic heterocycles. The molecule has 7 aliphatic rings. The van der Waals surface area contributed by atoms with Crippen LogP contribution in [-0.4, -0.2) is 54.3 Å². The van der Waals surface area contributed by atoms with Gasteiger partial charge in [0.25, 0.3) is 0 Å². The van der Waals surface area contributed by atoms with E-state index < -0.39 is 11.7 Å². The Morgan fingerprint density at radius 1 is 0.580 bits per heavy atom. The molecule has 4 aromatic heterocycles. The Morgan fingerprint density at radius 3 is 1.39 bits per heavy atom. The Balaban J connectivity index is 0.000000124. The highest BCUT2D eigenvalue weighted by Gasteiger charge is 2.38. The van der Waals surface area contributed by atoms with Crippen molar-refractivity contribution in [2.45, 2.75) is 244 Å². The fourth-order valence-electron chi connectivity index (χ4n) is 9.86. The van der Waals surface area contributed by atoms with E-state index in [2.05, 4.69) is 88.2 Å². The lowest BCUT2D eigenvalue weighted by Gasteiger charge is -2.27. The van der Waals surface area contributed by atoms with Crippen molar-refractivity contribution in [1.82, 2.24) is 20.6 Å². The van der Waals surface area contributed by atoms with Crippen LogP contribution in [0.3, 0.4) is 0 Å². The molecule has 12 heteroatoms. The van der Waals surface area contributed by atoms with Crippen LogP contribution in [0.15, 0.2) is 36.5 Å². The summed E-state index contributed by atoms with van der Waals surface area (Å²) < 4.78 is 27.7. The maximum absolute atomic E-state index is 10.1. The van der Waals surface area contributed by atoms with Crippen LogP contribution in [0.5, 0.6) is 0 Å². The van der Waals surface area contributed by atoms with Crippen LogP contribution in [0.25, 0.3) is 16.7 Å². The molecular weight excluding hydrogens is 869 g/mol. The van der Waals surface area contributed by atoms with Gasteiger partial charge in [-0.05, 0) is 156 Å². The van der Waals surface area contributed by atoms with Gasteiger partial charge in [-0.2, -0.15) is 0 Å². The molecule has 3 unspecified atom stereocenters. The van der Waals surface area contributed by atoms with Crippen molar-refractivity contribution < 1.29 is 38.1 Å². The molecule has 3 N–H and O–H groups in total. The quantitative estimate of drug-likeness (QED) is 0.116. The minimum absolute atomic E-state index is 0.166. The minimum atomic E-state index is -0.543. The first-order valence-electron chi connectivity index (χ1n) is 26.8. The van der Waals surface area contributed by atoms with Gasteiger partial charge in [0.2, 0.25) is 0 Å². The van der Waals surface area contributed by atoms with E-state index >= 15 is 0 Å². The fraction of sp³-hybridized carbons (Fsp3) is 0.684. The van der Waals surface area contributed by atoms with Gasteiger partial charge in [0, 0.05) is 45.9 Å². The fourth-order valence-corrected chi connectivity index (χ4v) is 9.86. The van der Waals surface area contributed by atoms with Crippen LogP contribution in [0, 0.1) is 0 Å². The summed E-state index contributed by atoms with van der Waals surface area (Å²) in [6, 6.07) is 0. The van der Waals surface area contributed by atoms with Crippen LogP contribution >= 0.6 is 0 Å². The second-order valence-corrected chi connectivity index (χ2v) is 22.6. The SMILES string of the molecule is CC(C)c1noc(C2CC2)c1C1=CCC(C)(O)CC1.CC(C)c1noc(C2CC2)c1C1=CCC(O)CC1.CC(C)c1noc(C2CC2)c1C1=COCCC1.CCC(O)c1c(C(C)C)noc1C1CC1. The van der Waals surface area contributed by atoms with Gasteiger partial charge in [0.05, 0.1) is 53.5 Å². The van der Waals surface area contributed by atoms with Crippen LogP contribution in [-0.2, 0) is 4.74 Å². The zero-order valence-electron chi connectivity index (χ0n) is 43.4. The molecule has 4 saturated carbocycles. The molecule has 11 rings (SSSR count). The summed E-state index contributed by atoms with van der Waals surface area (Å²) in [6.07, 6.45) is 23.4. The van der Waals surface area contributed by atoms with E-state index in [9.17, 15) is 15.3 Å². The van der Waals surface area contributed by atoms with E-state index in [1.165, 1.54) is 84.8 Å². The molecule has 4 fully saturated rings. The highest BCUT2D eigenvalue weighted by molar-refractivity contribution is 5.72. The van der Waals surface area contributed by atoms with E-state index in [1.807, 2.05) is 20.1 Å². The standard InChI is InChI=1S/C16H23NO2.C15H21NO2.C14H19NO2.C12H19NO2/c1-10(2)14-13(15(19-17-14)12-4-5-12)11-6-8-16(3,18)9-7-11;1-9(2)14-13(10-5-7-12(17)8-6-10)15(18-16-14)11-3-4-11;1-9(2)13-12(11-4-3-7-16-8-11)14(17-15-13)10-5-6-10;1-4-9(14)10-11(7(2)3)13-15-12(10)8-5-6-8/h6,10,12,18H,4-5,7-9H2,1-3H3;5,9,11-12,17H,3-4,6-8H2,1-2H3;8-10H,3-7H2,1-2H3;7-9,14H,4-6H2,1-3H3. The van der Waals surface area contributed by atoms with E-state index in [0.717, 1.165) is 116 Å². The molecule has 0 amide bonds. The summed E-state index contributed by atoms with van der Waals surface area (Å²) in [5.74, 6) is 8.02. The Labute approximate surface area is 410 Å². The lowest BCUT2D eigenvalue weighted by Crippen LogP contribution is -2.25. The first-order valence-corrected chi connectivity index (χ1v) is 26.8. The Morgan fingerprint density at radius 2 is 1.01 bits per heavy atom. The third-order valence-electron chi connectivity index (χ3n) is 14.7. The second kappa shape index (κ2) is 22.0. The van der Waals surface area contributed by atoms with Crippen LogP contribution in [0.1, 0.15) is 300 Å². The zero-order valence-corrected chi connectivity index (χ0v) is 43.4. The van der Waals surface area contributed by atoms with Gasteiger partial charge in [0.15, 0.2) is 0 Å². The number of hydrogen-bond donors (Lipinski definition) is 3. The van der Waals surface area contributed by atoms with E-state index in [4.69, 9.17) is 22.8 Å². The van der Waals surface area contributed by atoms with Crippen molar-refractivity contribution >= 4 is 16.7 Å². The second-order valence-electron chi connectivity index (χ2n) is 22.6. The van der Waals surface area contributed by atoms with Gasteiger partial charge < -0.3 is 38.1 Å². The Kier molecular flexibility index (Phi) is 16.3. The van der Waals surface area contributed by atoms with Gasteiger partial charge >= 0.3 is 0 Å². The van der Waals surface area contributed by atoms with E-state index in [-0.39, 0.29) is 6.10 Å². The van der Waals surface area contributed by atoms with Gasteiger partial charge in [-0.15, -0.1) is 0 Å². The number of allylic oxidation sites excluding steroid dienone is 3. The highest BCUT2D eigenvalue weighted by atomic mass is 16.5. The molecule has 0 saturated heterocycles. The van der Waals surface area contributed by atoms with Crippen molar-refractivity contribution in [2.24, 2.45) is 0 Å². The number of ether oxygens (including phenoxy) is 1. The van der Waals surface area contributed by atoms with E-state index in [1.54, 1.807) is 0 Å². The summed E-state index contributed by atoms with van der Waals surface area (Å²) >= 11 is 0. The van der Waals surface area contributed by atoms with Crippen LogP contribution < -0.4 is 0 Å². The minimum Gasteiger partial charge on any atom is -0.501 e. The number of aliphatic hydroxyl groups excluding tert-OH is 2. The van der Waals surface area contributed by atoms with Crippen molar-refractivity contribution in [2.75, 3.05) is 6.61 Å². The topological polar surface area (TPSA) is 174 Å². The highest BCUT2D eigenvalue weighted by Crippen LogP contribution is 2.50. The Hall–Kier alpha value is -4.26. The predicted octanol–water partition coefficient (Wildman–Crippen LogP) is 14.5. The third kappa shape index (κ3) is 12.4. The Bertz CT molecular complexity index is 2340. The van der Waals surface area contributed by atoms with Gasteiger partial charge in [-0.1, -0.05) is 95.1 Å². The third-order valence-corrected chi connectivity index (χ3v) is 14.7. The molecule has 0 radical (unpaired) electrons. The van der Waals surface area contributed by atoms with Crippen LogP contribution in [0.4, 0.5) is 0 Å². The van der Waals surface area contributed by atoms with Crippen molar-refractivity contribution in [3.63, 3.8) is 0 Å². The van der Waals surface area contributed by atoms with Gasteiger partial charge in [-0.3, -0.25) is 0 Å². The first-order chi connectivity index (χ1) is 33.1. The van der Waals surface area contributed by atoms with Crippen molar-refractivity contribution in [3.05, 3.63) is 86.5 Å². The normalized spacial score (nSPS) is 23.0. The van der Waals surface area contributed by atoms with E-state index in [0.29, 0.717) is 47.3 Å². The van der Waals surface area contributed by atoms with Crippen molar-refractivity contribution in [1.29, 1.82) is 0 Å². The van der Waals surface area contributed by atoms with Crippen LogP contribution in [0.2, 0.25) is 0 Å². The summed E-state index contributed by atoms with van der Waals surface area (Å²) in [5, 5.41) is 46.7. The van der Waals surface area contributed by atoms with Crippen molar-refractivity contribution in [3.8, 4) is 0 Å². The lowest BCUT2D eigenvalue weighted by atomic mass is 9.82. The monoisotopic (exact) mass is 951 g/mol. The first kappa shape index (κ1) is 51.1. The van der Waals surface area contributed by atoms with Gasteiger partial charge in [0.1, 0.15) is 23.0 Å². The maximum atomic E-state index is 10.1. The molecule has 4 aromatic rings. The molecule has 3 atom stereocenters. The number of aromatic nitrogens is 4. The molecular formula is C57H82N4O8.